The predicted molar refractivity (Wildman–Crippen MR) is 94.7 cm³/mol. The average molecular weight is 411 g/mol. The molecule has 0 radical (unpaired) electrons. The van der Waals surface area contributed by atoms with Crippen molar-refractivity contribution in [1.82, 2.24) is 9.88 Å². The Hall–Kier alpha value is -3.17. The number of para-hydroxylation sites is 1. The Bertz CT molecular complexity index is 920. The molecule has 1 atom stereocenters. The number of rotatable bonds is 4. The smallest absolute Gasteiger partial charge is 0.433 e. The second-order valence-electron chi connectivity index (χ2n) is 6.39. The number of benzene rings is 1. The third-order valence-electron chi connectivity index (χ3n) is 4.37. The molecule has 0 bridgehead atoms. The fraction of sp³-hybridized carbons (Fsp3) is 0.316. The lowest BCUT2D eigenvalue weighted by Gasteiger charge is -2.35. The van der Waals surface area contributed by atoms with Crippen LogP contribution in [0.5, 0.6) is 5.75 Å². The van der Waals surface area contributed by atoms with Crippen molar-refractivity contribution in [2.45, 2.75) is 19.2 Å². The van der Waals surface area contributed by atoms with Crippen molar-refractivity contribution in [1.29, 1.82) is 0 Å². The van der Waals surface area contributed by atoms with E-state index in [4.69, 9.17) is 4.74 Å². The van der Waals surface area contributed by atoms with E-state index < -0.39 is 35.6 Å². The molecule has 1 aliphatic rings. The largest absolute Gasteiger partial charge is 0.478 e. The average Bonchev–Trinajstić information content (AvgIpc) is 2.68. The number of aromatic nitrogens is 1. The van der Waals surface area contributed by atoms with Gasteiger partial charge in [0, 0.05) is 25.0 Å². The number of ether oxygens (including phenoxy) is 1. The van der Waals surface area contributed by atoms with E-state index in [0.717, 1.165) is 12.3 Å². The van der Waals surface area contributed by atoms with Gasteiger partial charge in [0.25, 0.3) is 5.91 Å². The summed E-state index contributed by atoms with van der Waals surface area (Å²) in [5, 5.41) is 0. The Kier molecular flexibility index (Phi) is 5.71. The van der Waals surface area contributed by atoms with Crippen molar-refractivity contribution in [3.05, 3.63) is 54.1 Å². The van der Waals surface area contributed by atoms with Gasteiger partial charge in [-0.15, -0.1) is 0 Å². The van der Waals surface area contributed by atoms with E-state index in [0.29, 0.717) is 0 Å². The van der Waals surface area contributed by atoms with Crippen molar-refractivity contribution in [3.63, 3.8) is 0 Å². The van der Waals surface area contributed by atoms with E-state index in [1.54, 1.807) is 6.07 Å². The summed E-state index contributed by atoms with van der Waals surface area (Å²) >= 11 is 0. The van der Waals surface area contributed by atoms with Gasteiger partial charge in [-0.3, -0.25) is 14.6 Å². The molecule has 1 fully saturated rings. The number of halogens is 4. The summed E-state index contributed by atoms with van der Waals surface area (Å²) in [4.78, 5) is 30.6. The van der Waals surface area contributed by atoms with Crippen LogP contribution in [0, 0.1) is 5.82 Å². The van der Waals surface area contributed by atoms with Crippen LogP contribution in [0.25, 0.3) is 0 Å². The normalized spacial score (nSPS) is 16.0. The van der Waals surface area contributed by atoms with E-state index in [1.807, 2.05) is 0 Å². The highest BCUT2D eigenvalue weighted by atomic mass is 19.4. The van der Waals surface area contributed by atoms with Crippen molar-refractivity contribution in [2.24, 2.45) is 0 Å². The molecule has 3 rings (SSSR count). The number of hydrogen-bond acceptors (Lipinski definition) is 4. The van der Waals surface area contributed by atoms with Crippen LogP contribution in [0.3, 0.4) is 0 Å². The van der Waals surface area contributed by atoms with E-state index in [2.05, 4.69) is 4.98 Å². The van der Waals surface area contributed by atoms with Gasteiger partial charge in [0.15, 0.2) is 17.7 Å². The Labute approximate surface area is 163 Å². The molecule has 2 aromatic rings. The molecule has 1 saturated heterocycles. The first-order valence-electron chi connectivity index (χ1n) is 8.70. The number of piperazine rings is 1. The van der Waals surface area contributed by atoms with Crippen LogP contribution in [0.2, 0.25) is 0 Å². The van der Waals surface area contributed by atoms with Crippen LogP contribution in [0.1, 0.15) is 12.6 Å². The molecule has 1 aromatic carbocycles. The third kappa shape index (κ3) is 4.64. The molecule has 1 unspecified atom stereocenters. The number of anilines is 1. The maximum absolute atomic E-state index is 13.7. The Balaban J connectivity index is 1.66. The minimum Gasteiger partial charge on any atom is -0.478 e. The van der Waals surface area contributed by atoms with Gasteiger partial charge in [-0.05, 0) is 31.2 Å². The van der Waals surface area contributed by atoms with Gasteiger partial charge < -0.3 is 14.5 Å². The Morgan fingerprint density at radius 2 is 1.93 bits per heavy atom. The summed E-state index contributed by atoms with van der Waals surface area (Å²) in [6, 6.07) is 7.70. The van der Waals surface area contributed by atoms with Gasteiger partial charge in [0.05, 0.1) is 0 Å². The first kappa shape index (κ1) is 20.6. The van der Waals surface area contributed by atoms with Crippen LogP contribution in [-0.2, 0) is 15.8 Å². The fourth-order valence-corrected chi connectivity index (χ4v) is 2.91. The molecule has 29 heavy (non-hydrogen) atoms. The van der Waals surface area contributed by atoms with E-state index in [-0.39, 0.29) is 31.1 Å². The minimum absolute atomic E-state index is 0.0122. The number of hydrogen-bond donors (Lipinski definition) is 0. The molecule has 1 aliphatic heterocycles. The van der Waals surface area contributed by atoms with Gasteiger partial charge in [0.2, 0.25) is 5.91 Å². The van der Waals surface area contributed by atoms with E-state index in [1.165, 1.54) is 41.0 Å². The minimum atomic E-state index is -4.63. The molecule has 2 amide bonds. The summed E-state index contributed by atoms with van der Waals surface area (Å²) < 4.78 is 57.5. The molecule has 0 saturated carbocycles. The Morgan fingerprint density at radius 1 is 1.21 bits per heavy atom. The first-order chi connectivity index (χ1) is 13.7. The molecule has 0 aliphatic carbocycles. The summed E-state index contributed by atoms with van der Waals surface area (Å²) in [5.74, 6) is -1.77. The Morgan fingerprint density at radius 3 is 2.59 bits per heavy atom. The number of carbonyl (C=O) groups excluding carboxylic acids is 2. The second-order valence-corrected chi connectivity index (χ2v) is 6.39. The molecule has 1 aromatic heterocycles. The van der Waals surface area contributed by atoms with Crippen LogP contribution in [-0.4, -0.2) is 47.4 Å². The molecule has 6 nitrogen and oxygen atoms in total. The molecule has 10 heteroatoms. The van der Waals surface area contributed by atoms with Crippen molar-refractivity contribution >= 4 is 17.5 Å². The lowest BCUT2D eigenvalue weighted by Crippen LogP contribution is -2.55. The van der Waals surface area contributed by atoms with Gasteiger partial charge in [-0.2, -0.15) is 13.2 Å². The summed E-state index contributed by atoms with van der Waals surface area (Å²) in [7, 11) is 0. The second kappa shape index (κ2) is 8.06. The summed E-state index contributed by atoms with van der Waals surface area (Å²) in [5.41, 5.74) is -1.05. The van der Waals surface area contributed by atoms with Gasteiger partial charge >= 0.3 is 6.18 Å². The quantitative estimate of drug-likeness (QED) is 0.726. The lowest BCUT2D eigenvalue weighted by molar-refractivity contribution is -0.142. The topological polar surface area (TPSA) is 62.7 Å². The number of pyridine rings is 1. The maximum Gasteiger partial charge on any atom is 0.433 e. The highest BCUT2D eigenvalue weighted by Crippen LogP contribution is 2.30. The molecule has 154 valence electrons. The molecule has 0 N–H and O–H groups in total. The number of nitrogens with zero attached hydrogens (tertiary/aromatic N) is 3. The maximum atomic E-state index is 13.7. The molecule has 2 heterocycles. The molecule has 0 spiro atoms. The fourth-order valence-electron chi connectivity index (χ4n) is 2.91. The zero-order valence-corrected chi connectivity index (χ0v) is 15.3. The highest BCUT2D eigenvalue weighted by molar-refractivity contribution is 5.98. The van der Waals surface area contributed by atoms with Crippen molar-refractivity contribution < 1.29 is 31.9 Å². The number of amides is 2. The van der Waals surface area contributed by atoms with Crippen LogP contribution in [0.4, 0.5) is 23.2 Å². The third-order valence-corrected chi connectivity index (χ3v) is 4.37. The van der Waals surface area contributed by atoms with E-state index in [9.17, 15) is 27.2 Å². The van der Waals surface area contributed by atoms with Crippen molar-refractivity contribution in [3.8, 4) is 5.75 Å². The van der Waals surface area contributed by atoms with Gasteiger partial charge in [-0.1, -0.05) is 12.1 Å². The van der Waals surface area contributed by atoms with Crippen LogP contribution in [0.15, 0.2) is 42.6 Å². The van der Waals surface area contributed by atoms with Gasteiger partial charge in [0.1, 0.15) is 12.2 Å². The summed E-state index contributed by atoms with van der Waals surface area (Å²) in [6.07, 6.45) is -4.69. The molecular formula is C19H17F4N3O3. The number of alkyl halides is 3. The highest BCUT2D eigenvalue weighted by Gasteiger charge is 2.35. The predicted octanol–water partition coefficient (Wildman–Crippen LogP) is 2.88. The van der Waals surface area contributed by atoms with Gasteiger partial charge in [-0.25, -0.2) is 4.39 Å². The first-order valence-corrected chi connectivity index (χ1v) is 8.70. The zero-order valence-electron chi connectivity index (χ0n) is 15.3. The standard InChI is InChI=1S/C19H17F4N3O3/c1-12(29-15-5-3-2-4-14(15)20)18(28)25-8-9-26(17(27)11-25)13-6-7-24-16(10-13)19(21,22)23/h2-7,10,12H,8-9,11H2,1H3. The van der Waals surface area contributed by atoms with Crippen LogP contribution < -0.4 is 9.64 Å². The zero-order chi connectivity index (χ0) is 21.2. The van der Waals surface area contributed by atoms with E-state index >= 15 is 0 Å². The monoisotopic (exact) mass is 411 g/mol. The van der Waals surface area contributed by atoms with Crippen molar-refractivity contribution in [2.75, 3.05) is 24.5 Å². The number of carbonyl (C=O) groups is 2. The summed E-state index contributed by atoms with van der Waals surface area (Å²) in [6.45, 7) is 1.22. The lowest BCUT2D eigenvalue weighted by atomic mass is 10.2. The molecular weight excluding hydrogens is 394 g/mol. The van der Waals surface area contributed by atoms with Crippen LogP contribution >= 0.6 is 0 Å². The SMILES string of the molecule is CC(Oc1ccccc1F)C(=O)N1CCN(c2ccnc(C(F)(F)F)c2)C(=O)C1.